The van der Waals surface area contributed by atoms with Gasteiger partial charge in [-0.1, -0.05) is 24.3 Å². The smallest absolute Gasteiger partial charge is 0.222 e. The van der Waals surface area contributed by atoms with E-state index in [0.29, 0.717) is 5.95 Å². The number of nitrogens with one attached hydrogen (secondary N) is 2. The van der Waals surface area contributed by atoms with E-state index < -0.39 is 0 Å². The molecule has 0 fully saturated rings. The van der Waals surface area contributed by atoms with Crippen LogP contribution >= 0.6 is 0 Å². The van der Waals surface area contributed by atoms with Gasteiger partial charge >= 0.3 is 0 Å². The van der Waals surface area contributed by atoms with Crippen LogP contribution in [0, 0.1) is 6.92 Å². The molecule has 0 radical (unpaired) electrons. The SMILES string of the molecule is CNCCNc1ncc(-c2ccccc2C)cn1. The van der Waals surface area contributed by atoms with Gasteiger partial charge in [0, 0.05) is 31.0 Å². The summed E-state index contributed by atoms with van der Waals surface area (Å²) in [6.45, 7) is 3.80. The molecule has 0 atom stereocenters. The Hall–Kier alpha value is -1.94. The van der Waals surface area contributed by atoms with E-state index in [0.717, 1.165) is 18.7 Å². The summed E-state index contributed by atoms with van der Waals surface area (Å²) in [6.07, 6.45) is 3.72. The monoisotopic (exact) mass is 242 g/mol. The summed E-state index contributed by atoms with van der Waals surface area (Å²) < 4.78 is 0. The van der Waals surface area contributed by atoms with Gasteiger partial charge in [-0.25, -0.2) is 9.97 Å². The van der Waals surface area contributed by atoms with E-state index in [9.17, 15) is 0 Å². The average Bonchev–Trinajstić information content (AvgIpc) is 2.41. The largest absolute Gasteiger partial charge is 0.353 e. The van der Waals surface area contributed by atoms with E-state index in [-0.39, 0.29) is 0 Å². The zero-order chi connectivity index (χ0) is 12.8. The van der Waals surface area contributed by atoms with Crippen molar-refractivity contribution in [3.8, 4) is 11.1 Å². The molecule has 4 heteroatoms. The fourth-order valence-electron chi connectivity index (χ4n) is 1.75. The van der Waals surface area contributed by atoms with Crippen molar-refractivity contribution < 1.29 is 0 Å². The number of aromatic nitrogens is 2. The Bertz CT molecular complexity index is 493. The van der Waals surface area contributed by atoms with Gasteiger partial charge in [-0.15, -0.1) is 0 Å². The van der Waals surface area contributed by atoms with Gasteiger partial charge in [0.05, 0.1) is 0 Å². The Morgan fingerprint density at radius 2 is 1.78 bits per heavy atom. The molecule has 1 heterocycles. The third-order valence-electron chi connectivity index (χ3n) is 2.77. The summed E-state index contributed by atoms with van der Waals surface area (Å²) in [5, 5.41) is 6.22. The van der Waals surface area contributed by atoms with Gasteiger partial charge in [0.2, 0.25) is 5.95 Å². The maximum atomic E-state index is 4.32. The third kappa shape index (κ3) is 3.05. The topological polar surface area (TPSA) is 49.8 Å². The fraction of sp³-hybridized carbons (Fsp3) is 0.286. The minimum atomic E-state index is 0.669. The number of hydrogen-bond acceptors (Lipinski definition) is 4. The standard InChI is InChI=1S/C14H18N4/c1-11-5-3-4-6-13(11)12-9-17-14(18-10-12)16-8-7-15-2/h3-6,9-10,15H,7-8H2,1-2H3,(H,16,17,18). The van der Waals surface area contributed by atoms with Crippen LogP contribution < -0.4 is 10.6 Å². The molecule has 0 aliphatic rings. The van der Waals surface area contributed by atoms with Gasteiger partial charge in [0.25, 0.3) is 0 Å². The van der Waals surface area contributed by atoms with Gasteiger partial charge < -0.3 is 10.6 Å². The van der Waals surface area contributed by atoms with Crippen LogP contribution in [-0.4, -0.2) is 30.1 Å². The van der Waals surface area contributed by atoms with E-state index >= 15 is 0 Å². The van der Waals surface area contributed by atoms with Gasteiger partial charge in [-0.2, -0.15) is 0 Å². The second kappa shape index (κ2) is 6.12. The Morgan fingerprint density at radius 1 is 1.06 bits per heavy atom. The molecule has 0 unspecified atom stereocenters. The molecule has 4 nitrogen and oxygen atoms in total. The first-order chi connectivity index (χ1) is 8.81. The van der Waals surface area contributed by atoms with Gasteiger partial charge in [0.1, 0.15) is 0 Å². The molecule has 0 spiro atoms. The summed E-state index contributed by atoms with van der Waals surface area (Å²) in [5.74, 6) is 0.669. The number of likely N-dealkylation sites (N-methyl/N-ethyl adjacent to an activating group) is 1. The Balaban J connectivity index is 2.10. The first kappa shape index (κ1) is 12.5. The highest BCUT2D eigenvalue weighted by Crippen LogP contribution is 2.21. The molecule has 2 N–H and O–H groups in total. The maximum absolute atomic E-state index is 4.32. The summed E-state index contributed by atoms with van der Waals surface area (Å²) in [4.78, 5) is 8.64. The van der Waals surface area contributed by atoms with Crippen LogP contribution in [0.25, 0.3) is 11.1 Å². The molecule has 0 saturated carbocycles. The first-order valence-electron chi connectivity index (χ1n) is 6.08. The van der Waals surface area contributed by atoms with Crippen LogP contribution in [0.5, 0.6) is 0 Å². The summed E-state index contributed by atoms with van der Waals surface area (Å²) in [7, 11) is 1.92. The number of aryl methyl sites for hydroxylation is 1. The molecule has 1 aromatic heterocycles. The van der Waals surface area contributed by atoms with Crippen molar-refractivity contribution in [2.75, 3.05) is 25.5 Å². The minimum Gasteiger partial charge on any atom is -0.353 e. The number of nitrogens with zero attached hydrogens (tertiary/aromatic N) is 2. The molecule has 1 aromatic carbocycles. The lowest BCUT2D eigenvalue weighted by molar-refractivity contribution is 0.817. The van der Waals surface area contributed by atoms with Crippen LogP contribution in [0.4, 0.5) is 5.95 Å². The summed E-state index contributed by atoms with van der Waals surface area (Å²) >= 11 is 0. The van der Waals surface area contributed by atoms with Gasteiger partial charge in [-0.05, 0) is 25.1 Å². The van der Waals surface area contributed by atoms with Gasteiger partial charge in [0.15, 0.2) is 0 Å². The van der Waals surface area contributed by atoms with Crippen molar-refractivity contribution in [3.05, 3.63) is 42.2 Å². The van der Waals surface area contributed by atoms with Crippen molar-refractivity contribution in [2.45, 2.75) is 6.92 Å². The second-order valence-corrected chi connectivity index (χ2v) is 4.14. The lowest BCUT2D eigenvalue weighted by Crippen LogP contribution is -2.18. The van der Waals surface area contributed by atoms with Crippen LogP contribution in [0.2, 0.25) is 0 Å². The van der Waals surface area contributed by atoms with E-state index in [4.69, 9.17) is 0 Å². The highest BCUT2D eigenvalue weighted by atomic mass is 15.1. The second-order valence-electron chi connectivity index (χ2n) is 4.14. The van der Waals surface area contributed by atoms with Crippen molar-refractivity contribution >= 4 is 5.95 Å². The number of benzene rings is 1. The highest BCUT2D eigenvalue weighted by Gasteiger charge is 2.02. The maximum Gasteiger partial charge on any atom is 0.222 e. The number of anilines is 1. The van der Waals surface area contributed by atoms with E-state index in [1.54, 1.807) is 0 Å². The van der Waals surface area contributed by atoms with E-state index in [1.165, 1.54) is 11.1 Å². The normalized spacial score (nSPS) is 10.3. The third-order valence-corrected chi connectivity index (χ3v) is 2.77. The van der Waals surface area contributed by atoms with Crippen LogP contribution in [0.1, 0.15) is 5.56 Å². The lowest BCUT2D eigenvalue weighted by Gasteiger charge is -2.07. The van der Waals surface area contributed by atoms with Crippen LogP contribution in [0.15, 0.2) is 36.7 Å². The molecule has 0 aliphatic heterocycles. The van der Waals surface area contributed by atoms with Crippen LogP contribution in [0.3, 0.4) is 0 Å². The molecule has 0 aliphatic carbocycles. The average molecular weight is 242 g/mol. The van der Waals surface area contributed by atoms with Crippen molar-refractivity contribution in [1.29, 1.82) is 0 Å². The highest BCUT2D eigenvalue weighted by molar-refractivity contribution is 5.65. The molecule has 0 bridgehead atoms. The van der Waals surface area contributed by atoms with Crippen LogP contribution in [-0.2, 0) is 0 Å². The molecular weight excluding hydrogens is 224 g/mol. The predicted octanol–water partition coefficient (Wildman–Crippen LogP) is 2.08. The summed E-state index contributed by atoms with van der Waals surface area (Å²) in [5.41, 5.74) is 3.46. The molecule has 2 rings (SSSR count). The Kier molecular flexibility index (Phi) is 4.25. The predicted molar refractivity (Wildman–Crippen MR) is 74.6 cm³/mol. The quantitative estimate of drug-likeness (QED) is 0.788. The van der Waals surface area contributed by atoms with E-state index in [2.05, 4.69) is 39.7 Å². The molecule has 94 valence electrons. The minimum absolute atomic E-state index is 0.669. The van der Waals surface area contributed by atoms with E-state index in [1.807, 2.05) is 31.6 Å². The molecule has 0 amide bonds. The zero-order valence-corrected chi connectivity index (χ0v) is 10.8. The lowest BCUT2D eigenvalue weighted by atomic mass is 10.0. The fourth-order valence-corrected chi connectivity index (χ4v) is 1.75. The molecule has 2 aromatic rings. The Labute approximate surface area is 107 Å². The summed E-state index contributed by atoms with van der Waals surface area (Å²) in [6, 6.07) is 8.24. The number of rotatable bonds is 5. The first-order valence-corrected chi connectivity index (χ1v) is 6.08. The molecular formula is C14H18N4. The molecule has 18 heavy (non-hydrogen) atoms. The van der Waals surface area contributed by atoms with Crippen molar-refractivity contribution in [1.82, 2.24) is 15.3 Å². The Morgan fingerprint density at radius 3 is 2.44 bits per heavy atom. The van der Waals surface area contributed by atoms with Crippen molar-refractivity contribution in [3.63, 3.8) is 0 Å². The van der Waals surface area contributed by atoms with Gasteiger partial charge in [-0.3, -0.25) is 0 Å². The van der Waals surface area contributed by atoms with Crippen molar-refractivity contribution in [2.24, 2.45) is 0 Å². The number of hydrogen-bond donors (Lipinski definition) is 2. The zero-order valence-electron chi connectivity index (χ0n) is 10.8. The molecule has 0 saturated heterocycles.